The van der Waals surface area contributed by atoms with Crippen molar-refractivity contribution in [3.05, 3.63) is 36.2 Å². The van der Waals surface area contributed by atoms with Crippen molar-refractivity contribution in [2.75, 3.05) is 39.3 Å². The molecule has 1 fully saturated rings. The Morgan fingerprint density at radius 1 is 1.18 bits per heavy atom. The van der Waals surface area contributed by atoms with Crippen LogP contribution in [0.4, 0.5) is 0 Å². The van der Waals surface area contributed by atoms with Crippen LogP contribution in [0.2, 0.25) is 0 Å². The standard InChI is InChI=1S/C15H18N4O3/c20-10-9-18-5-7-19(8-6-18)15(21)13-3-1-12(2-4-13)14-16-11-22-17-14/h1-4,11,20H,5-10H2. The van der Waals surface area contributed by atoms with Gasteiger partial charge in [0.05, 0.1) is 6.61 Å². The van der Waals surface area contributed by atoms with Crippen LogP contribution in [0.25, 0.3) is 11.4 Å². The molecule has 0 atom stereocenters. The van der Waals surface area contributed by atoms with Crippen molar-refractivity contribution in [2.24, 2.45) is 0 Å². The topological polar surface area (TPSA) is 82.7 Å². The number of amides is 1. The lowest BCUT2D eigenvalue weighted by molar-refractivity contribution is 0.0615. The predicted molar refractivity (Wildman–Crippen MR) is 79.2 cm³/mol. The number of carbonyl (C=O) groups is 1. The number of piperazine rings is 1. The summed E-state index contributed by atoms with van der Waals surface area (Å²) in [6.07, 6.45) is 1.28. The van der Waals surface area contributed by atoms with Gasteiger partial charge in [0.2, 0.25) is 12.2 Å². The summed E-state index contributed by atoms with van der Waals surface area (Å²) in [5.41, 5.74) is 1.47. The van der Waals surface area contributed by atoms with Crippen molar-refractivity contribution in [2.45, 2.75) is 0 Å². The van der Waals surface area contributed by atoms with Gasteiger partial charge in [0.1, 0.15) is 0 Å². The summed E-state index contributed by atoms with van der Waals surface area (Å²) in [5.74, 6) is 0.542. The predicted octanol–water partition coefficient (Wildman–Crippen LogP) is 0.487. The maximum Gasteiger partial charge on any atom is 0.253 e. The molecule has 116 valence electrons. The monoisotopic (exact) mass is 302 g/mol. The molecule has 0 radical (unpaired) electrons. The van der Waals surface area contributed by atoms with Crippen LogP contribution >= 0.6 is 0 Å². The first-order chi connectivity index (χ1) is 10.8. The van der Waals surface area contributed by atoms with Crippen LogP contribution in [0.5, 0.6) is 0 Å². The van der Waals surface area contributed by atoms with E-state index in [1.54, 1.807) is 12.1 Å². The second-order valence-electron chi connectivity index (χ2n) is 5.19. The first kappa shape index (κ1) is 14.7. The number of benzene rings is 1. The minimum Gasteiger partial charge on any atom is -0.395 e. The Morgan fingerprint density at radius 3 is 2.50 bits per heavy atom. The normalized spacial score (nSPS) is 16.0. The highest BCUT2D eigenvalue weighted by molar-refractivity contribution is 5.94. The molecule has 0 saturated carbocycles. The van der Waals surface area contributed by atoms with Crippen LogP contribution in [-0.2, 0) is 0 Å². The number of hydrogen-bond acceptors (Lipinski definition) is 6. The molecule has 1 aromatic carbocycles. The van der Waals surface area contributed by atoms with Gasteiger partial charge in [-0.15, -0.1) is 0 Å². The van der Waals surface area contributed by atoms with Gasteiger partial charge in [-0.3, -0.25) is 9.69 Å². The van der Waals surface area contributed by atoms with E-state index in [0.717, 1.165) is 18.7 Å². The van der Waals surface area contributed by atoms with Crippen LogP contribution < -0.4 is 0 Å². The zero-order valence-corrected chi connectivity index (χ0v) is 12.2. The first-order valence-electron chi connectivity index (χ1n) is 7.27. The molecule has 0 unspecified atom stereocenters. The van der Waals surface area contributed by atoms with Crippen molar-refractivity contribution in [1.29, 1.82) is 0 Å². The highest BCUT2D eigenvalue weighted by Gasteiger charge is 2.21. The molecule has 3 rings (SSSR count). The maximum absolute atomic E-state index is 12.5. The Morgan fingerprint density at radius 2 is 1.91 bits per heavy atom. The van der Waals surface area contributed by atoms with Gasteiger partial charge in [-0.25, -0.2) is 0 Å². The molecule has 1 aliphatic heterocycles. The molecule has 1 N–H and O–H groups in total. The first-order valence-corrected chi connectivity index (χ1v) is 7.27. The van der Waals surface area contributed by atoms with Crippen molar-refractivity contribution in [3.63, 3.8) is 0 Å². The van der Waals surface area contributed by atoms with Gasteiger partial charge in [0.25, 0.3) is 5.91 Å². The highest BCUT2D eigenvalue weighted by atomic mass is 16.5. The number of aliphatic hydroxyl groups is 1. The maximum atomic E-state index is 12.5. The van der Waals surface area contributed by atoms with Gasteiger partial charge in [-0.2, -0.15) is 4.98 Å². The molecule has 2 aromatic rings. The summed E-state index contributed by atoms with van der Waals surface area (Å²) in [6.45, 7) is 3.80. The highest BCUT2D eigenvalue weighted by Crippen LogP contribution is 2.16. The number of aliphatic hydroxyl groups excluding tert-OH is 1. The zero-order chi connectivity index (χ0) is 15.4. The second kappa shape index (κ2) is 6.67. The summed E-state index contributed by atoms with van der Waals surface area (Å²) in [4.78, 5) is 20.4. The molecule has 0 spiro atoms. The van der Waals surface area contributed by atoms with Gasteiger partial charge in [0.15, 0.2) is 0 Å². The van der Waals surface area contributed by atoms with E-state index in [2.05, 4.69) is 15.0 Å². The minimum absolute atomic E-state index is 0.0308. The molecule has 0 bridgehead atoms. The summed E-state index contributed by atoms with van der Waals surface area (Å²) in [6, 6.07) is 7.21. The van der Waals surface area contributed by atoms with Gasteiger partial charge in [-0.05, 0) is 12.1 Å². The Kier molecular flexibility index (Phi) is 4.45. The molecule has 1 amide bonds. The number of carbonyl (C=O) groups excluding carboxylic acids is 1. The second-order valence-corrected chi connectivity index (χ2v) is 5.19. The molecule has 7 nitrogen and oxygen atoms in total. The molecular weight excluding hydrogens is 284 g/mol. The van der Waals surface area contributed by atoms with Crippen LogP contribution in [-0.4, -0.2) is 70.3 Å². The summed E-state index contributed by atoms with van der Waals surface area (Å²) >= 11 is 0. The van der Waals surface area contributed by atoms with Gasteiger partial charge >= 0.3 is 0 Å². The van der Waals surface area contributed by atoms with Gasteiger partial charge in [-0.1, -0.05) is 17.3 Å². The summed E-state index contributed by atoms with van der Waals surface area (Å²) in [5, 5.41) is 12.7. The van der Waals surface area contributed by atoms with Crippen molar-refractivity contribution in [1.82, 2.24) is 19.9 Å². The third kappa shape index (κ3) is 3.15. The number of aromatic nitrogens is 2. The fraction of sp³-hybridized carbons (Fsp3) is 0.400. The average molecular weight is 302 g/mol. The Labute approximate surface area is 128 Å². The molecule has 1 aromatic heterocycles. The Bertz CT molecular complexity index is 604. The SMILES string of the molecule is O=C(c1ccc(-c2ncon2)cc1)N1CCN(CCO)CC1. The summed E-state index contributed by atoms with van der Waals surface area (Å²) < 4.78 is 4.71. The Balaban J connectivity index is 1.63. The quantitative estimate of drug-likeness (QED) is 0.885. The van der Waals surface area contributed by atoms with E-state index >= 15 is 0 Å². The van der Waals surface area contributed by atoms with Crippen molar-refractivity contribution < 1.29 is 14.4 Å². The van der Waals surface area contributed by atoms with Gasteiger partial charge < -0.3 is 14.5 Å². The van der Waals surface area contributed by atoms with E-state index < -0.39 is 0 Å². The van der Waals surface area contributed by atoms with Crippen LogP contribution in [0.15, 0.2) is 35.2 Å². The van der Waals surface area contributed by atoms with Crippen LogP contribution in [0, 0.1) is 0 Å². The number of β-amino-alcohol motifs (C(OH)–C–C–N with tert-alkyl or cyclic N) is 1. The zero-order valence-electron chi connectivity index (χ0n) is 12.2. The minimum atomic E-state index is 0.0308. The lowest BCUT2D eigenvalue weighted by atomic mass is 10.1. The van der Waals surface area contributed by atoms with E-state index in [-0.39, 0.29) is 12.5 Å². The number of rotatable bonds is 4. The van der Waals surface area contributed by atoms with E-state index in [1.165, 1.54) is 6.39 Å². The summed E-state index contributed by atoms with van der Waals surface area (Å²) in [7, 11) is 0. The molecule has 0 aliphatic carbocycles. The Hall–Kier alpha value is -2.25. The van der Waals surface area contributed by atoms with Crippen molar-refractivity contribution in [3.8, 4) is 11.4 Å². The molecule has 2 heterocycles. The molecular formula is C15H18N4O3. The largest absolute Gasteiger partial charge is 0.395 e. The third-order valence-electron chi connectivity index (χ3n) is 3.83. The molecule has 7 heteroatoms. The number of nitrogens with zero attached hydrogens (tertiary/aromatic N) is 4. The lowest BCUT2D eigenvalue weighted by Gasteiger charge is -2.34. The molecule has 1 aliphatic rings. The fourth-order valence-corrected chi connectivity index (χ4v) is 2.56. The number of hydrogen-bond donors (Lipinski definition) is 1. The molecule has 1 saturated heterocycles. The van der Waals surface area contributed by atoms with Crippen LogP contribution in [0.3, 0.4) is 0 Å². The fourth-order valence-electron chi connectivity index (χ4n) is 2.56. The van der Waals surface area contributed by atoms with E-state index in [0.29, 0.717) is 31.0 Å². The third-order valence-corrected chi connectivity index (χ3v) is 3.83. The molecule has 22 heavy (non-hydrogen) atoms. The lowest BCUT2D eigenvalue weighted by Crippen LogP contribution is -2.49. The van der Waals surface area contributed by atoms with E-state index in [1.807, 2.05) is 17.0 Å². The van der Waals surface area contributed by atoms with E-state index in [9.17, 15) is 4.79 Å². The van der Waals surface area contributed by atoms with Gasteiger partial charge in [0, 0.05) is 43.9 Å². The van der Waals surface area contributed by atoms with E-state index in [4.69, 9.17) is 9.63 Å². The van der Waals surface area contributed by atoms with Crippen LogP contribution in [0.1, 0.15) is 10.4 Å². The average Bonchev–Trinajstić information content (AvgIpc) is 3.10. The van der Waals surface area contributed by atoms with Crippen molar-refractivity contribution >= 4 is 5.91 Å². The smallest absolute Gasteiger partial charge is 0.253 e.